The highest BCUT2D eigenvalue weighted by Gasteiger charge is 2.08. The smallest absolute Gasteiger partial charge is 0.142 e. The highest BCUT2D eigenvalue weighted by molar-refractivity contribution is 5.67. The van der Waals surface area contributed by atoms with Gasteiger partial charge in [0.05, 0.1) is 17.6 Å². The van der Waals surface area contributed by atoms with Crippen LogP contribution in [0.5, 0.6) is 5.75 Å². The average Bonchev–Trinajstić information content (AvgIpc) is 2.22. The fourth-order valence-corrected chi connectivity index (χ4v) is 1.63. The summed E-state index contributed by atoms with van der Waals surface area (Å²) < 4.78 is 0. The van der Waals surface area contributed by atoms with E-state index in [9.17, 15) is 5.11 Å². The molecule has 1 aromatic carbocycles. The second-order valence-corrected chi connectivity index (χ2v) is 3.73. The summed E-state index contributed by atoms with van der Waals surface area (Å²) in [5, 5.41) is 9.35. The van der Waals surface area contributed by atoms with Gasteiger partial charge in [0.15, 0.2) is 0 Å². The first-order chi connectivity index (χ1) is 7.58. The summed E-state index contributed by atoms with van der Waals surface area (Å²) >= 11 is 0. The van der Waals surface area contributed by atoms with Crippen molar-refractivity contribution in [2.24, 2.45) is 0 Å². The van der Waals surface area contributed by atoms with Gasteiger partial charge in [-0.2, -0.15) is 0 Å². The molecule has 0 spiro atoms. The van der Waals surface area contributed by atoms with Crippen LogP contribution in [0.15, 0.2) is 24.4 Å². The molecule has 0 saturated heterocycles. The third-order valence-electron chi connectivity index (χ3n) is 2.44. The Morgan fingerprint density at radius 2 is 2.00 bits per heavy atom. The van der Waals surface area contributed by atoms with Crippen LogP contribution in [0, 0.1) is 13.8 Å². The summed E-state index contributed by atoms with van der Waals surface area (Å²) in [7, 11) is 0. The first kappa shape index (κ1) is 10.4. The maximum Gasteiger partial charge on any atom is 0.142 e. The minimum absolute atomic E-state index is 0.246. The van der Waals surface area contributed by atoms with Crippen molar-refractivity contribution in [3.05, 3.63) is 35.7 Å². The van der Waals surface area contributed by atoms with Gasteiger partial charge in [-0.05, 0) is 37.6 Å². The van der Waals surface area contributed by atoms with E-state index >= 15 is 0 Å². The van der Waals surface area contributed by atoms with E-state index in [1.807, 2.05) is 19.9 Å². The number of aromatic hydroxyl groups is 1. The first-order valence-corrected chi connectivity index (χ1v) is 4.97. The van der Waals surface area contributed by atoms with Gasteiger partial charge in [0, 0.05) is 5.56 Å². The number of nitrogens with zero attached hydrogens (tertiary/aromatic N) is 2. The number of aryl methyl sites for hydroxylation is 2. The van der Waals surface area contributed by atoms with E-state index in [2.05, 4.69) is 9.97 Å². The topological polar surface area (TPSA) is 72.0 Å². The molecule has 82 valence electrons. The Morgan fingerprint density at radius 1 is 1.25 bits per heavy atom. The molecule has 0 amide bonds. The second-order valence-electron chi connectivity index (χ2n) is 3.73. The van der Waals surface area contributed by atoms with Gasteiger partial charge in [-0.15, -0.1) is 0 Å². The maximum atomic E-state index is 9.35. The number of nitrogens with two attached hydrogens (primary N) is 1. The Kier molecular flexibility index (Phi) is 2.48. The summed E-state index contributed by atoms with van der Waals surface area (Å²) in [5.74, 6) is 0.642. The number of aromatic nitrogens is 2. The molecule has 2 rings (SSSR count). The van der Waals surface area contributed by atoms with Crippen LogP contribution in [0.4, 0.5) is 5.82 Å². The molecule has 0 radical (unpaired) electrons. The lowest BCUT2D eigenvalue weighted by Gasteiger charge is -2.08. The van der Waals surface area contributed by atoms with Gasteiger partial charge in [0.25, 0.3) is 0 Å². The zero-order chi connectivity index (χ0) is 11.7. The van der Waals surface area contributed by atoms with Crippen molar-refractivity contribution >= 4 is 5.82 Å². The lowest BCUT2D eigenvalue weighted by Crippen LogP contribution is -1.98. The summed E-state index contributed by atoms with van der Waals surface area (Å²) in [6, 6.07) is 5.15. The minimum atomic E-state index is 0.246. The van der Waals surface area contributed by atoms with Crippen LogP contribution in [-0.2, 0) is 0 Å². The van der Waals surface area contributed by atoms with E-state index in [1.54, 1.807) is 12.1 Å². The van der Waals surface area contributed by atoms with Gasteiger partial charge in [0.1, 0.15) is 11.6 Å². The molecule has 1 heterocycles. The quantitative estimate of drug-likeness (QED) is 0.763. The standard InChI is InChI=1S/C12H13N3O/c1-7-5-9(16)3-4-10(7)12-8(2)14-6-11(13)15-12/h3-6,16H,1-2H3,(H2,13,15). The number of rotatable bonds is 1. The monoisotopic (exact) mass is 215 g/mol. The van der Waals surface area contributed by atoms with Crippen molar-refractivity contribution in [1.29, 1.82) is 0 Å². The molecular weight excluding hydrogens is 202 g/mol. The molecule has 2 aromatic rings. The SMILES string of the molecule is Cc1cc(O)ccc1-c1nc(N)cnc1C. The summed E-state index contributed by atoms with van der Waals surface area (Å²) in [6.45, 7) is 3.80. The number of hydrogen-bond donors (Lipinski definition) is 2. The lowest BCUT2D eigenvalue weighted by molar-refractivity contribution is 0.475. The third-order valence-corrected chi connectivity index (χ3v) is 2.44. The van der Waals surface area contributed by atoms with E-state index in [0.29, 0.717) is 5.82 Å². The zero-order valence-corrected chi connectivity index (χ0v) is 9.23. The molecule has 0 unspecified atom stereocenters. The number of anilines is 1. The fourth-order valence-electron chi connectivity index (χ4n) is 1.63. The van der Waals surface area contributed by atoms with Crippen molar-refractivity contribution in [2.75, 3.05) is 5.73 Å². The molecule has 0 atom stereocenters. The van der Waals surface area contributed by atoms with Gasteiger partial charge in [-0.3, -0.25) is 4.98 Å². The Hall–Kier alpha value is -2.10. The fraction of sp³-hybridized carbons (Fsp3) is 0.167. The predicted octanol–water partition coefficient (Wildman–Crippen LogP) is 2.05. The predicted molar refractivity (Wildman–Crippen MR) is 63.0 cm³/mol. The molecule has 4 nitrogen and oxygen atoms in total. The molecule has 16 heavy (non-hydrogen) atoms. The summed E-state index contributed by atoms with van der Waals surface area (Å²) in [4.78, 5) is 8.44. The van der Waals surface area contributed by atoms with Crippen LogP contribution in [-0.4, -0.2) is 15.1 Å². The van der Waals surface area contributed by atoms with Crippen molar-refractivity contribution in [2.45, 2.75) is 13.8 Å². The summed E-state index contributed by atoms with van der Waals surface area (Å²) in [6.07, 6.45) is 1.54. The molecule has 0 aliphatic heterocycles. The Bertz CT molecular complexity index is 538. The Morgan fingerprint density at radius 3 is 2.69 bits per heavy atom. The zero-order valence-electron chi connectivity index (χ0n) is 9.23. The number of phenols is 1. The van der Waals surface area contributed by atoms with E-state index < -0.39 is 0 Å². The third kappa shape index (κ3) is 1.82. The number of phenolic OH excluding ortho intramolecular Hbond substituents is 1. The number of benzene rings is 1. The second kappa shape index (κ2) is 3.81. The van der Waals surface area contributed by atoms with Crippen molar-refractivity contribution in [3.8, 4) is 17.0 Å². The normalized spacial score (nSPS) is 10.4. The first-order valence-electron chi connectivity index (χ1n) is 4.97. The highest BCUT2D eigenvalue weighted by Crippen LogP contribution is 2.26. The molecule has 1 aromatic heterocycles. The molecule has 3 N–H and O–H groups in total. The van der Waals surface area contributed by atoms with Gasteiger partial charge >= 0.3 is 0 Å². The summed E-state index contributed by atoms with van der Waals surface area (Å²) in [5.41, 5.74) is 9.09. The molecule has 0 aliphatic carbocycles. The highest BCUT2D eigenvalue weighted by atomic mass is 16.3. The van der Waals surface area contributed by atoms with Crippen molar-refractivity contribution in [3.63, 3.8) is 0 Å². The van der Waals surface area contributed by atoms with E-state index in [1.165, 1.54) is 6.20 Å². The molecule has 4 heteroatoms. The number of nitrogen functional groups attached to an aromatic ring is 1. The van der Waals surface area contributed by atoms with Crippen LogP contribution in [0.2, 0.25) is 0 Å². The Labute approximate surface area is 93.8 Å². The van der Waals surface area contributed by atoms with Crippen LogP contribution in [0.1, 0.15) is 11.3 Å². The van der Waals surface area contributed by atoms with Crippen molar-refractivity contribution < 1.29 is 5.11 Å². The van der Waals surface area contributed by atoms with E-state index in [4.69, 9.17) is 5.73 Å². The molecule has 0 saturated carbocycles. The number of hydrogen-bond acceptors (Lipinski definition) is 4. The van der Waals surface area contributed by atoms with Crippen LogP contribution >= 0.6 is 0 Å². The minimum Gasteiger partial charge on any atom is -0.508 e. The Balaban J connectivity index is 2.62. The molecule has 0 bridgehead atoms. The van der Waals surface area contributed by atoms with Gasteiger partial charge < -0.3 is 10.8 Å². The van der Waals surface area contributed by atoms with Crippen molar-refractivity contribution in [1.82, 2.24) is 9.97 Å². The molecular formula is C12H13N3O. The maximum absolute atomic E-state index is 9.35. The van der Waals surface area contributed by atoms with Crippen LogP contribution < -0.4 is 5.73 Å². The largest absolute Gasteiger partial charge is 0.508 e. The van der Waals surface area contributed by atoms with Crippen LogP contribution in [0.3, 0.4) is 0 Å². The lowest BCUT2D eigenvalue weighted by atomic mass is 10.0. The van der Waals surface area contributed by atoms with Gasteiger partial charge in [-0.25, -0.2) is 4.98 Å². The van der Waals surface area contributed by atoms with Gasteiger partial charge in [-0.1, -0.05) is 0 Å². The van der Waals surface area contributed by atoms with E-state index in [0.717, 1.165) is 22.5 Å². The van der Waals surface area contributed by atoms with Gasteiger partial charge in [0.2, 0.25) is 0 Å². The molecule has 0 aliphatic rings. The molecule has 0 fully saturated rings. The average molecular weight is 215 g/mol. The van der Waals surface area contributed by atoms with E-state index in [-0.39, 0.29) is 5.75 Å². The van der Waals surface area contributed by atoms with Crippen LogP contribution in [0.25, 0.3) is 11.3 Å².